The Morgan fingerprint density at radius 2 is 0.900 bits per heavy atom. The molecule has 12 nitrogen and oxygen atoms in total. The highest BCUT2D eigenvalue weighted by molar-refractivity contribution is 5.65. The van der Waals surface area contributed by atoms with Crippen molar-refractivity contribution in [1.82, 2.24) is 30.0 Å². The largest absolute Gasteiger partial charge is 0.349 e. The van der Waals surface area contributed by atoms with Gasteiger partial charge < -0.3 is 28.4 Å². The van der Waals surface area contributed by atoms with Crippen LogP contribution < -0.4 is 0 Å². The Morgan fingerprint density at radius 3 is 1.32 bits per heavy atom. The monoisotopic (exact) mass is 820 g/mol. The first kappa shape index (κ1) is 40.5. The minimum absolute atomic E-state index is 0.197. The molecule has 2 aromatic carbocycles. The molecule has 10 rings (SSSR count). The van der Waals surface area contributed by atoms with E-state index in [0.29, 0.717) is 60.6 Å². The lowest BCUT2D eigenvalue weighted by Crippen LogP contribution is -2.53. The van der Waals surface area contributed by atoms with E-state index in [9.17, 15) is 0 Å². The number of rotatable bonds is 9. The molecule has 4 aromatic rings. The second-order valence-electron chi connectivity index (χ2n) is 19.5. The third-order valence-corrected chi connectivity index (χ3v) is 15.7. The Kier molecular flexibility index (Phi) is 11.5. The molecule has 4 saturated heterocycles. The van der Waals surface area contributed by atoms with E-state index < -0.39 is 0 Å². The second kappa shape index (κ2) is 17.0. The van der Waals surface area contributed by atoms with Gasteiger partial charge in [0.05, 0.1) is 49.2 Å². The molecule has 6 aliphatic rings. The first-order valence-corrected chi connectivity index (χ1v) is 23.1. The molecule has 2 saturated carbocycles. The molecule has 0 radical (unpaired) electrons. The van der Waals surface area contributed by atoms with Crippen molar-refractivity contribution in [2.45, 2.75) is 143 Å². The summed E-state index contributed by atoms with van der Waals surface area (Å²) in [6.45, 7) is 14.4. The maximum absolute atomic E-state index is 6.58. The Hall–Kier alpha value is -3.52. The van der Waals surface area contributed by atoms with E-state index in [0.717, 1.165) is 58.6 Å². The zero-order valence-corrected chi connectivity index (χ0v) is 36.2. The number of hydrogen-bond acceptors (Lipinski definition) is 10. The molecule has 0 amide bonds. The van der Waals surface area contributed by atoms with Gasteiger partial charge in [0.1, 0.15) is 11.4 Å². The molecule has 0 N–H and O–H groups in total. The summed E-state index contributed by atoms with van der Waals surface area (Å²) < 4.78 is 42.6. The van der Waals surface area contributed by atoms with E-state index in [4.69, 9.17) is 28.4 Å². The third-order valence-electron chi connectivity index (χ3n) is 15.7. The minimum Gasteiger partial charge on any atom is -0.349 e. The van der Waals surface area contributed by atoms with Crippen LogP contribution in [-0.2, 0) is 41.6 Å². The average Bonchev–Trinajstić information content (AvgIpc) is 3.86. The fourth-order valence-electron chi connectivity index (χ4n) is 12.2. The molecular weight excluding hydrogens is 757 g/mol. The molecule has 4 aliphatic heterocycles. The van der Waals surface area contributed by atoms with Crippen LogP contribution in [0.25, 0.3) is 22.5 Å². The molecule has 0 bridgehead atoms. The number of ether oxygens (including phenoxy) is 6. The maximum Gasteiger partial charge on any atom is 0.164 e. The van der Waals surface area contributed by atoms with Gasteiger partial charge in [-0.2, -0.15) is 0 Å². The second-order valence-corrected chi connectivity index (χ2v) is 19.5. The van der Waals surface area contributed by atoms with E-state index in [1.807, 2.05) is 12.4 Å². The van der Waals surface area contributed by atoms with E-state index in [-0.39, 0.29) is 37.4 Å². The molecule has 6 fully saturated rings. The summed E-state index contributed by atoms with van der Waals surface area (Å²) in [5.74, 6) is 5.37. The molecule has 2 aliphatic carbocycles. The van der Waals surface area contributed by atoms with Crippen molar-refractivity contribution in [1.29, 1.82) is 0 Å². The van der Waals surface area contributed by atoms with Crippen molar-refractivity contribution in [2.75, 3.05) is 0 Å². The van der Waals surface area contributed by atoms with E-state index in [2.05, 4.69) is 111 Å². The van der Waals surface area contributed by atoms with Gasteiger partial charge in [0.15, 0.2) is 25.2 Å². The number of hydrogen-bond donors (Lipinski definition) is 0. The number of benzene rings is 2. The van der Waals surface area contributed by atoms with Crippen molar-refractivity contribution in [3.63, 3.8) is 0 Å². The van der Waals surface area contributed by atoms with Crippen LogP contribution in [0.15, 0.2) is 60.9 Å². The maximum atomic E-state index is 6.58. The van der Waals surface area contributed by atoms with Gasteiger partial charge in [-0.1, -0.05) is 75.2 Å². The van der Waals surface area contributed by atoms with Crippen LogP contribution in [0.4, 0.5) is 0 Å². The molecule has 12 heteroatoms. The van der Waals surface area contributed by atoms with Crippen LogP contribution in [0.5, 0.6) is 0 Å². The Balaban J connectivity index is 0.733. The molecule has 6 heterocycles. The van der Waals surface area contributed by atoms with Gasteiger partial charge in [0, 0.05) is 23.7 Å². The first-order chi connectivity index (χ1) is 29.2. The summed E-state index contributed by atoms with van der Waals surface area (Å²) in [5, 5.41) is 17.7. The lowest BCUT2D eigenvalue weighted by atomic mass is 9.61. The number of aromatic nitrogens is 6. The molecule has 16 atom stereocenters. The van der Waals surface area contributed by atoms with Crippen LogP contribution in [0, 0.1) is 59.2 Å². The van der Waals surface area contributed by atoms with Gasteiger partial charge in [0.2, 0.25) is 0 Å². The highest BCUT2D eigenvalue weighted by Crippen LogP contribution is 2.54. The highest BCUT2D eigenvalue weighted by Gasteiger charge is 2.54. The summed E-state index contributed by atoms with van der Waals surface area (Å²) in [5.41, 5.74) is 5.61. The predicted molar refractivity (Wildman–Crippen MR) is 224 cm³/mol. The molecular formula is C48H64N6O6. The SMILES string of the molecule is CC1CCC2C(C)CCC3C(C)C(OCc4cn(-c5ccc(-c6ccc(-n7cc(COC8OC9OC(C)CCC%10C(C)CCC(C8C)C9%10)nn7)cc6)cc5)nn4)OC(O1)C23. The summed E-state index contributed by atoms with van der Waals surface area (Å²) in [6.07, 6.45) is 12.9. The van der Waals surface area contributed by atoms with Gasteiger partial charge >= 0.3 is 0 Å². The fraction of sp³-hybridized carbons (Fsp3) is 0.667. The summed E-state index contributed by atoms with van der Waals surface area (Å²) >= 11 is 0. The smallest absolute Gasteiger partial charge is 0.164 e. The van der Waals surface area contributed by atoms with E-state index in [1.165, 1.54) is 38.5 Å². The zero-order valence-electron chi connectivity index (χ0n) is 36.2. The van der Waals surface area contributed by atoms with Crippen molar-refractivity contribution in [3.8, 4) is 22.5 Å². The van der Waals surface area contributed by atoms with Gasteiger partial charge in [-0.25, -0.2) is 9.36 Å². The summed E-state index contributed by atoms with van der Waals surface area (Å²) in [6, 6.07) is 16.7. The van der Waals surface area contributed by atoms with Gasteiger partial charge in [-0.05, 0) is 123 Å². The van der Waals surface area contributed by atoms with Gasteiger partial charge in [-0.3, -0.25) is 0 Å². The third kappa shape index (κ3) is 7.90. The topological polar surface area (TPSA) is 117 Å². The fourth-order valence-corrected chi connectivity index (χ4v) is 12.2. The average molecular weight is 821 g/mol. The summed E-state index contributed by atoms with van der Waals surface area (Å²) in [4.78, 5) is 0. The van der Waals surface area contributed by atoms with Crippen LogP contribution >= 0.6 is 0 Å². The molecule has 16 unspecified atom stereocenters. The van der Waals surface area contributed by atoms with Gasteiger partial charge in [0.25, 0.3) is 0 Å². The van der Waals surface area contributed by atoms with Gasteiger partial charge in [-0.15, -0.1) is 10.2 Å². The van der Waals surface area contributed by atoms with Crippen molar-refractivity contribution < 1.29 is 28.4 Å². The number of nitrogens with zero attached hydrogens (tertiary/aromatic N) is 6. The highest BCUT2D eigenvalue weighted by atomic mass is 16.8. The molecule has 2 aromatic heterocycles. The quantitative estimate of drug-likeness (QED) is 0.162. The standard InChI is InChI=1S/C48H64N6O6/c1-27-7-19-41-31(5)45(59-47-43(41)39(27)21-9-29(3)57-47)55-25-35-23-53(51-49-35)37-15-11-33(12-16-37)34-13-17-38(18-14-34)54-24-36(50-52-54)26-56-46-32(6)42-20-8-28(2)40-22-10-30(4)58-48(60-46)44(40)42/h11-18,23-24,27-32,39-48H,7-10,19-22,25-26H2,1-6H3. The van der Waals surface area contributed by atoms with Crippen LogP contribution in [0.1, 0.15) is 104 Å². The predicted octanol–water partition coefficient (Wildman–Crippen LogP) is 9.14. The molecule has 60 heavy (non-hydrogen) atoms. The Labute approximate surface area is 355 Å². The Morgan fingerprint density at radius 1 is 0.500 bits per heavy atom. The van der Waals surface area contributed by atoms with Crippen LogP contribution in [0.2, 0.25) is 0 Å². The Bertz CT molecular complexity index is 1910. The van der Waals surface area contributed by atoms with E-state index in [1.54, 1.807) is 9.36 Å². The lowest BCUT2D eigenvalue weighted by molar-refractivity contribution is -0.336. The minimum atomic E-state index is -0.324. The normalized spacial score (nSPS) is 39.0. The molecule has 0 spiro atoms. The molecule has 322 valence electrons. The summed E-state index contributed by atoms with van der Waals surface area (Å²) in [7, 11) is 0. The lowest BCUT2D eigenvalue weighted by Gasteiger charge is -2.51. The van der Waals surface area contributed by atoms with E-state index >= 15 is 0 Å². The van der Waals surface area contributed by atoms with Crippen molar-refractivity contribution >= 4 is 0 Å². The first-order valence-electron chi connectivity index (χ1n) is 23.1. The van der Waals surface area contributed by atoms with Crippen LogP contribution in [0.3, 0.4) is 0 Å². The zero-order chi connectivity index (χ0) is 41.1. The van der Waals surface area contributed by atoms with Crippen molar-refractivity contribution in [3.05, 3.63) is 72.3 Å². The van der Waals surface area contributed by atoms with Crippen LogP contribution in [-0.4, -0.2) is 67.4 Å². The van der Waals surface area contributed by atoms with Crippen molar-refractivity contribution in [2.24, 2.45) is 59.2 Å².